The highest BCUT2D eigenvalue weighted by Gasteiger charge is 2.27. The van der Waals surface area contributed by atoms with Crippen molar-refractivity contribution in [2.24, 2.45) is 0 Å². The summed E-state index contributed by atoms with van der Waals surface area (Å²) >= 11 is 4.17. The summed E-state index contributed by atoms with van der Waals surface area (Å²) in [4.78, 5) is 16.2. The second-order valence-electron chi connectivity index (χ2n) is 5.86. The monoisotopic (exact) mass is 484 g/mol. The summed E-state index contributed by atoms with van der Waals surface area (Å²) in [6, 6.07) is 10.6. The second-order valence-corrected chi connectivity index (χ2v) is 10.1. The van der Waals surface area contributed by atoms with E-state index in [1.165, 1.54) is 43.6 Å². The molecule has 0 atom stereocenters. The summed E-state index contributed by atoms with van der Waals surface area (Å²) in [6.07, 6.45) is 0.117. The lowest BCUT2D eigenvalue weighted by Gasteiger charge is -2.10. The number of pyridine rings is 1. The quantitative estimate of drug-likeness (QED) is 0.532. The smallest absolute Gasteiger partial charge is 0.407 e. The molecule has 0 unspecified atom stereocenters. The lowest BCUT2D eigenvalue weighted by atomic mass is 10.1. The third kappa shape index (κ3) is 4.08. The molecule has 3 rings (SSSR count). The molecule has 1 aromatic carbocycles. The van der Waals surface area contributed by atoms with E-state index >= 15 is 0 Å². The molecule has 0 saturated carbocycles. The van der Waals surface area contributed by atoms with Crippen LogP contribution in [0.15, 0.2) is 62.2 Å². The first-order valence-corrected chi connectivity index (χ1v) is 11.0. The molecule has 0 aliphatic carbocycles. The highest BCUT2D eigenvalue weighted by atomic mass is 79.9. The van der Waals surface area contributed by atoms with E-state index in [0.717, 1.165) is 16.2 Å². The molecule has 0 bridgehead atoms. The number of benzene rings is 1. The molecule has 6 nitrogen and oxygen atoms in total. The van der Waals surface area contributed by atoms with Gasteiger partial charge >= 0.3 is 6.09 Å². The Morgan fingerprint density at radius 1 is 1.25 bits per heavy atom. The second kappa shape index (κ2) is 7.98. The van der Waals surface area contributed by atoms with Crippen LogP contribution in [0, 0.1) is 5.95 Å². The van der Waals surface area contributed by atoms with Crippen LogP contribution in [0.25, 0.3) is 11.1 Å². The van der Waals surface area contributed by atoms with Gasteiger partial charge in [0.05, 0.1) is 11.4 Å². The minimum absolute atomic E-state index is 0.0249. The van der Waals surface area contributed by atoms with Crippen LogP contribution in [-0.2, 0) is 16.4 Å². The Bertz CT molecular complexity index is 1150. The minimum Gasteiger partial charge on any atom is -0.465 e. The van der Waals surface area contributed by atoms with E-state index in [-0.39, 0.29) is 26.8 Å². The average molecular weight is 485 g/mol. The number of amides is 1. The van der Waals surface area contributed by atoms with Crippen molar-refractivity contribution < 1.29 is 22.7 Å². The van der Waals surface area contributed by atoms with Gasteiger partial charge in [0, 0.05) is 33.7 Å². The molecule has 146 valence electrons. The first kappa shape index (κ1) is 20.4. The van der Waals surface area contributed by atoms with Gasteiger partial charge < -0.3 is 10.0 Å². The summed E-state index contributed by atoms with van der Waals surface area (Å²) in [6.45, 7) is -0.0249. The Kier molecular flexibility index (Phi) is 5.82. The summed E-state index contributed by atoms with van der Waals surface area (Å²) in [5, 5.41) is 9.09. The van der Waals surface area contributed by atoms with Gasteiger partial charge in [-0.2, -0.15) is 4.39 Å². The molecule has 28 heavy (non-hydrogen) atoms. The van der Waals surface area contributed by atoms with E-state index < -0.39 is 21.9 Å². The van der Waals surface area contributed by atoms with Crippen molar-refractivity contribution in [1.82, 2.24) is 9.88 Å². The van der Waals surface area contributed by atoms with Crippen molar-refractivity contribution >= 4 is 43.2 Å². The molecule has 0 spiro atoms. The Labute approximate surface area is 173 Å². The van der Waals surface area contributed by atoms with Gasteiger partial charge in [-0.25, -0.2) is 18.2 Å². The van der Waals surface area contributed by atoms with E-state index in [9.17, 15) is 17.6 Å². The van der Waals surface area contributed by atoms with Crippen LogP contribution < -0.4 is 0 Å². The fraction of sp³-hybridized carbons (Fsp3) is 0.111. The van der Waals surface area contributed by atoms with Crippen molar-refractivity contribution in [3.63, 3.8) is 0 Å². The van der Waals surface area contributed by atoms with Gasteiger partial charge in [-0.15, -0.1) is 11.3 Å². The standard InChI is InChI=1S/C18H14BrFN2O4S2/c1-22(18(23)24)10-12-9-15(14-6-3-7-21-16(14)20)17(27-12)28(25,26)13-5-2-4-11(19)8-13/h2-9H,10H2,1H3,(H,23,24). The van der Waals surface area contributed by atoms with Crippen LogP contribution >= 0.6 is 27.3 Å². The van der Waals surface area contributed by atoms with Crippen molar-refractivity contribution in [2.45, 2.75) is 15.6 Å². The van der Waals surface area contributed by atoms with E-state index in [2.05, 4.69) is 20.9 Å². The number of nitrogens with zero attached hydrogens (tertiary/aromatic N) is 2. The van der Waals surface area contributed by atoms with Gasteiger partial charge in [0.25, 0.3) is 0 Å². The number of rotatable bonds is 5. The van der Waals surface area contributed by atoms with Crippen LogP contribution in [0.5, 0.6) is 0 Å². The van der Waals surface area contributed by atoms with Crippen LogP contribution in [0.1, 0.15) is 4.88 Å². The number of carboxylic acid groups (broad SMARTS) is 1. The lowest BCUT2D eigenvalue weighted by molar-refractivity contribution is 0.154. The number of aromatic nitrogens is 1. The normalized spacial score (nSPS) is 11.4. The molecule has 10 heteroatoms. The highest BCUT2D eigenvalue weighted by Crippen LogP contribution is 2.39. The topological polar surface area (TPSA) is 87.6 Å². The Hall–Kier alpha value is -2.30. The van der Waals surface area contributed by atoms with Gasteiger partial charge in [0.2, 0.25) is 15.8 Å². The van der Waals surface area contributed by atoms with Crippen molar-refractivity contribution in [2.75, 3.05) is 7.05 Å². The third-order valence-corrected chi connectivity index (χ3v) is 7.77. The molecule has 0 aliphatic heterocycles. The van der Waals surface area contributed by atoms with E-state index in [1.54, 1.807) is 12.1 Å². The zero-order chi connectivity index (χ0) is 20.5. The zero-order valence-electron chi connectivity index (χ0n) is 14.5. The molecule has 1 N–H and O–H groups in total. The van der Waals surface area contributed by atoms with Gasteiger partial charge in [-0.05, 0) is 36.4 Å². The first-order valence-electron chi connectivity index (χ1n) is 7.88. The Balaban J connectivity index is 2.20. The number of hydrogen-bond acceptors (Lipinski definition) is 5. The molecule has 2 heterocycles. The maximum absolute atomic E-state index is 14.3. The van der Waals surface area contributed by atoms with Gasteiger partial charge in [-0.1, -0.05) is 22.0 Å². The fourth-order valence-corrected chi connectivity index (χ4v) is 6.28. The van der Waals surface area contributed by atoms with Crippen LogP contribution in [-0.4, -0.2) is 36.5 Å². The molecule has 0 fully saturated rings. The minimum atomic E-state index is -3.96. The van der Waals surface area contributed by atoms with Crippen molar-refractivity contribution in [1.29, 1.82) is 0 Å². The van der Waals surface area contributed by atoms with Gasteiger partial charge in [0.1, 0.15) is 4.21 Å². The molecular formula is C18H14BrFN2O4S2. The molecule has 1 amide bonds. The molecular weight excluding hydrogens is 471 g/mol. The predicted molar refractivity (Wildman–Crippen MR) is 107 cm³/mol. The molecule has 3 aromatic rings. The summed E-state index contributed by atoms with van der Waals surface area (Å²) in [5.74, 6) is -0.802. The Morgan fingerprint density at radius 2 is 2.00 bits per heavy atom. The van der Waals surface area contributed by atoms with E-state index in [0.29, 0.717) is 9.35 Å². The molecule has 0 aliphatic rings. The average Bonchev–Trinajstić information content (AvgIpc) is 3.06. The summed E-state index contributed by atoms with van der Waals surface area (Å²) in [7, 11) is -2.59. The maximum Gasteiger partial charge on any atom is 0.407 e. The molecule has 0 saturated heterocycles. The largest absolute Gasteiger partial charge is 0.465 e. The number of carbonyl (C=O) groups is 1. The van der Waals surface area contributed by atoms with E-state index in [1.807, 2.05) is 0 Å². The third-order valence-electron chi connectivity index (χ3n) is 3.87. The number of thiophene rings is 1. The lowest BCUT2D eigenvalue weighted by Crippen LogP contribution is -2.23. The van der Waals surface area contributed by atoms with Crippen LogP contribution in [0.2, 0.25) is 0 Å². The summed E-state index contributed by atoms with van der Waals surface area (Å²) < 4.78 is 41.3. The molecule has 0 radical (unpaired) electrons. The number of hydrogen-bond donors (Lipinski definition) is 1. The predicted octanol–water partition coefficient (Wildman–Crippen LogP) is 4.65. The highest BCUT2D eigenvalue weighted by molar-refractivity contribution is 9.10. The summed E-state index contributed by atoms with van der Waals surface area (Å²) in [5.41, 5.74) is 0.195. The maximum atomic E-state index is 14.3. The van der Waals surface area contributed by atoms with Crippen molar-refractivity contribution in [3.8, 4) is 11.1 Å². The Morgan fingerprint density at radius 3 is 2.64 bits per heavy atom. The fourth-order valence-electron chi connectivity index (χ4n) is 2.52. The van der Waals surface area contributed by atoms with Crippen LogP contribution in [0.4, 0.5) is 9.18 Å². The van der Waals surface area contributed by atoms with Crippen LogP contribution in [0.3, 0.4) is 0 Å². The van der Waals surface area contributed by atoms with Gasteiger partial charge in [0.15, 0.2) is 0 Å². The number of sulfone groups is 1. The first-order chi connectivity index (χ1) is 13.2. The number of halogens is 2. The SMILES string of the molecule is CN(Cc1cc(-c2cccnc2F)c(S(=O)(=O)c2cccc(Br)c2)s1)C(=O)O. The molecule has 2 aromatic heterocycles. The van der Waals surface area contributed by atoms with Gasteiger partial charge in [-0.3, -0.25) is 0 Å². The van der Waals surface area contributed by atoms with Crippen molar-refractivity contribution in [3.05, 3.63) is 64.0 Å². The zero-order valence-corrected chi connectivity index (χ0v) is 17.7. The van der Waals surface area contributed by atoms with E-state index in [4.69, 9.17) is 5.11 Å².